The van der Waals surface area contributed by atoms with Crippen LogP contribution in [0, 0.1) is 0 Å². The summed E-state index contributed by atoms with van der Waals surface area (Å²) in [5.74, 6) is 0. The van der Waals surface area contributed by atoms with Gasteiger partial charge in [0.2, 0.25) is 0 Å². The van der Waals surface area contributed by atoms with Gasteiger partial charge in [-0.3, -0.25) is 9.79 Å². The molecule has 0 radical (unpaired) electrons. The average Bonchev–Trinajstić information content (AvgIpc) is 2.13. The molecule has 0 N–H and O–H groups in total. The maximum atomic E-state index is 10.1. The van der Waals surface area contributed by atoms with Crippen LogP contribution in [0.15, 0.2) is 28.9 Å². The summed E-state index contributed by atoms with van der Waals surface area (Å²) in [5.41, 5.74) is 0.490. The molecule has 9 heavy (non-hydrogen) atoms. The van der Waals surface area contributed by atoms with Crippen LogP contribution in [-0.2, 0) is 4.79 Å². The van der Waals surface area contributed by atoms with Gasteiger partial charge in [0.05, 0.1) is 0 Å². The van der Waals surface area contributed by atoms with E-state index in [2.05, 4.69) is 4.99 Å². The van der Waals surface area contributed by atoms with E-state index >= 15 is 0 Å². The summed E-state index contributed by atoms with van der Waals surface area (Å²) >= 11 is 0. The smallest absolute Gasteiger partial charge is 0.168 e. The van der Waals surface area contributed by atoms with Crippen LogP contribution in [0.5, 0.6) is 0 Å². The first kappa shape index (κ1) is 5.95. The molecule has 0 unspecified atom stereocenters. The SMILES string of the molecule is O=CC1=CC=CCC=N1. The molecule has 2 heteroatoms. The van der Waals surface area contributed by atoms with Crippen molar-refractivity contribution in [3.05, 3.63) is 23.9 Å². The fraction of sp³-hybridized carbons (Fsp3) is 0.143. The maximum Gasteiger partial charge on any atom is 0.168 e. The van der Waals surface area contributed by atoms with Crippen molar-refractivity contribution in [3.63, 3.8) is 0 Å². The minimum atomic E-state index is 0.490. The molecule has 0 aromatic rings. The van der Waals surface area contributed by atoms with Crippen molar-refractivity contribution in [2.75, 3.05) is 0 Å². The highest BCUT2D eigenvalue weighted by atomic mass is 16.1. The lowest BCUT2D eigenvalue weighted by atomic mass is 10.4. The molecule has 2 nitrogen and oxygen atoms in total. The number of aldehydes is 1. The minimum Gasteiger partial charge on any atom is -0.296 e. The highest BCUT2D eigenvalue weighted by Gasteiger charge is 1.87. The highest BCUT2D eigenvalue weighted by Crippen LogP contribution is 1.96. The Hall–Kier alpha value is -1.18. The maximum absolute atomic E-state index is 10.1. The van der Waals surface area contributed by atoms with E-state index in [4.69, 9.17) is 0 Å². The van der Waals surface area contributed by atoms with Gasteiger partial charge in [0.15, 0.2) is 6.29 Å². The summed E-state index contributed by atoms with van der Waals surface area (Å²) in [4.78, 5) is 13.9. The van der Waals surface area contributed by atoms with Crippen molar-refractivity contribution >= 4 is 12.5 Å². The van der Waals surface area contributed by atoms with Gasteiger partial charge in [-0.25, -0.2) is 0 Å². The monoisotopic (exact) mass is 121 g/mol. The lowest BCUT2D eigenvalue weighted by Gasteiger charge is -1.80. The Balaban J connectivity index is 2.78. The first-order valence-electron chi connectivity index (χ1n) is 2.78. The lowest BCUT2D eigenvalue weighted by Crippen LogP contribution is -1.76. The highest BCUT2D eigenvalue weighted by molar-refractivity contribution is 5.78. The molecule has 0 fully saturated rings. The van der Waals surface area contributed by atoms with Crippen molar-refractivity contribution in [1.82, 2.24) is 0 Å². The molecule has 1 heterocycles. The summed E-state index contributed by atoms with van der Waals surface area (Å²) in [6.07, 6.45) is 8.73. The van der Waals surface area contributed by atoms with Crippen molar-refractivity contribution in [1.29, 1.82) is 0 Å². The number of carbonyl (C=O) groups excluding carboxylic acids is 1. The van der Waals surface area contributed by atoms with E-state index in [-0.39, 0.29) is 0 Å². The zero-order chi connectivity index (χ0) is 6.53. The first-order valence-corrected chi connectivity index (χ1v) is 2.78. The second-order valence-electron chi connectivity index (χ2n) is 1.68. The second-order valence-corrected chi connectivity index (χ2v) is 1.68. The Morgan fingerprint density at radius 2 is 2.56 bits per heavy atom. The van der Waals surface area contributed by atoms with Crippen molar-refractivity contribution < 1.29 is 4.79 Å². The fourth-order valence-electron chi connectivity index (χ4n) is 0.577. The van der Waals surface area contributed by atoms with Crippen LogP contribution in [0.1, 0.15) is 6.42 Å². The summed E-state index contributed by atoms with van der Waals surface area (Å²) in [5, 5.41) is 0. The van der Waals surface area contributed by atoms with Gasteiger partial charge in [-0.1, -0.05) is 12.2 Å². The molecule has 0 saturated heterocycles. The van der Waals surface area contributed by atoms with E-state index in [0.29, 0.717) is 5.70 Å². The number of carbonyl (C=O) groups is 1. The van der Waals surface area contributed by atoms with Gasteiger partial charge in [-0.15, -0.1) is 0 Å². The van der Waals surface area contributed by atoms with Crippen LogP contribution >= 0.6 is 0 Å². The third kappa shape index (κ3) is 1.64. The van der Waals surface area contributed by atoms with Crippen LogP contribution in [0.2, 0.25) is 0 Å². The van der Waals surface area contributed by atoms with E-state index in [1.165, 1.54) is 0 Å². The molecular weight excluding hydrogens is 114 g/mol. The lowest BCUT2D eigenvalue weighted by molar-refractivity contribution is -0.104. The molecule has 1 aliphatic rings. The third-order valence-electron chi connectivity index (χ3n) is 1.01. The molecule has 0 aromatic carbocycles. The Kier molecular flexibility index (Phi) is 1.96. The quantitative estimate of drug-likeness (QED) is 0.477. The minimum absolute atomic E-state index is 0.490. The molecule has 1 rings (SSSR count). The zero-order valence-electron chi connectivity index (χ0n) is 4.95. The predicted molar refractivity (Wildman–Crippen MR) is 36.4 cm³/mol. The normalized spacial score (nSPS) is 16.7. The van der Waals surface area contributed by atoms with E-state index < -0.39 is 0 Å². The van der Waals surface area contributed by atoms with Gasteiger partial charge in [0.1, 0.15) is 5.70 Å². The topological polar surface area (TPSA) is 29.4 Å². The molecule has 46 valence electrons. The summed E-state index contributed by atoms with van der Waals surface area (Å²) in [6.45, 7) is 0. The molecule has 0 spiro atoms. The molecule has 0 saturated carbocycles. The molecular formula is C7H7NO. The number of nitrogens with zero attached hydrogens (tertiary/aromatic N) is 1. The van der Waals surface area contributed by atoms with Crippen molar-refractivity contribution in [2.45, 2.75) is 6.42 Å². The third-order valence-corrected chi connectivity index (χ3v) is 1.01. The van der Waals surface area contributed by atoms with Gasteiger partial charge in [-0.2, -0.15) is 0 Å². The molecule has 0 aromatic heterocycles. The summed E-state index contributed by atoms with van der Waals surface area (Å²) in [7, 11) is 0. The number of hydrogen-bond donors (Lipinski definition) is 0. The Morgan fingerprint density at radius 3 is 3.33 bits per heavy atom. The van der Waals surface area contributed by atoms with Crippen molar-refractivity contribution in [2.24, 2.45) is 4.99 Å². The van der Waals surface area contributed by atoms with E-state index in [0.717, 1.165) is 12.7 Å². The van der Waals surface area contributed by atoms with Gasteiger partial charge < -0.3 is 0 Å². The summed E-state index contributed by atoms with van der Waals surface area (Å²) in [6, 6.07) is 0. The number of allylic oxidation sites excluding steroid dienone is 4. The number of aliphatic imine (C=N–C) groups is 1. The Labute approximate surface area is 53.6 Å². The van der Waals surface area contributed by atoms with Crippen molar-refractivity contribution in [3.8, 4) is 0 Å². The number of rotatable bonds is 1. The summed E-state index contributed by atoms with van der Waals surface area (Å²) < 4.78 is 0. The van der Waals surface area contributed by atoms with E-state index in [9.17, 15) is 4.79 Å². The van der Waals surface area contributed by atoms with Crippen LogP contribution < -0.4 is 0 Å². The van der Waals surface area contributed by atoms with Gasteiger partial charge in [0.25, 0.3) is 0 Å². The van der Waals surface area contributed by atoms with Crippen LogP contribution in [0.4, 0.5) is 0 Å². The standard InChI is InChI=1S/C7H7NO/c9-6-7-4-2-1-3-5-8-7/h1-2,4-6H,3H2. The molecule has 0 atom stereocenters. The largest absolute Gasteiger partial charge is 0.296 e. The molecule has 0 amide bonds. The Morgan fingerprint density at radius 1 is 1.67 bits per heavy atom. The van der Waals surface area contributed by atoms with E-state index in [1.807, 2.05) is 12.2 Å². The van der Waals surface area contributed by atoms with E-state index in [1.54, 1.807) is 12.3 Å². The predicted octanol–water partition coefficient (Wildman–Crippen LogP) is 1.10. The Bertz CT molecular complexity index is 189. The number of hydrogen-bond acceptors (Lipinski definition) is 2. The molecule has 1 aliphatic heterocycles. The van der Waals surface area contributed by atoms with Gasteiger partial charge >= 0.3 is 0 Å². The van der Waals surface area contributed by atoms with Crippen LogP contribution in [-0.4, -0.2) is 12.5 Å². The molecule has 0 aliphatic carbocycles. The van der Waals surface area contributed by atoms with Gasteiger partial charge in [0, 0.05) is 12.6 Å². The van der Waals surface area contributed by atoms with Crippen LogP contribution in [0.3, 0.4) is 0 Å². The van der Waals surface area contributed by atoms with Gasteiger partial charge in [-0.05, 0) is 6.08 Å². The first-order chi connectivity index (χ1) is 4.43. The second kappa shape index (κ2) is 2.97. The molecule has 0 bridgehead atoms. The fourth-order valence-corrected chi connectivity index (χ4v) is 0.577. The zero-order valence-corrected chi connectivity index (χ0v) is 4.95. The van der Waals surface area contributed by atoms with Crippen LogP contribution in [0.25, 0.3) is 0 Å². The average molecular weight is 121 g/mol.